The highest BCUT2D eigenvalue weighted by atomic mass is 79.9. The minimum atomic E-state index is -3.78. The molecule has 1 amide bonds. The van der Waals surface area contributed by atoms with Crippen molar-refractivity contribution in [3.63, 3.8) is 0 Å². The van der Waals surface area contributed by atoms with E-state index in [1.807, 2.05) is 0 Å². The number of halogens is 1. The van der Waals surface area contributed by atoms with E-state index in [4.69, 9.17) is 15.0 Å². The standard InChI is InChI=1S/C11H15BrN2O5S/c12-9-1-2-10(20(13,17)18)8(7-9)3-5-19-6-4-14-11(15)16/h1-2,7,14H,3-6H2,(H,15,16)(H2,13,17,18). The smallest absolute Gasteiger partial charge is 0.404 e. The number of carboxylic acid groups (broad SMARTS) is 1. The van der Waals surface area contributed by atoms with Crippen LogP contribution < -0.4 is 10.5 Å². The molecule has 4 N–H and O–H groups in total. The first kappa shape index (κ1) is 16.9. The highest BCUT2D eigenvalue weighted by Crippen LogP contribution is 2.20. The van der Waals surface area contributed by atoms with E-state index in [0.29, 0.717) is 12.0 Å². The maximum Gasteiger partial charge on any atom is 0.404 e. The predicted octanol–water partition coefficient (Wildman–Crippen LogP) is 0.923. The van der Waals surface area contributed by atoms with Gasteiger partial charge in [-0.2, -0.15) is 0 Å². The highest BCUT2D eigenvalue weighted by molar-refractivity contribution is 9.10. The van der Waals surface area contributed by atoms with Gasteiger partial charge in [0.25, 0.3) is 0 Å². The van der Waals surface area contributed by atoms with Crippen molar-refractivity contribution in [2.45, 2.75) is 11.3 Å². The zero-order valence-electron chi connectivity index (χ0n) is 10.5. The number of carbonyl (C=O) groups is 1. The Bertz CT molecular complexity index is 576. The average molecular weight is 367 g/mol. The summed E-state index contributed by atoms with van der Waals surface area (Å²) in [5.74, 6) is 0. The topological polar surface area (TPSA) is 119 Å². The fraction of sp³-hybridized carbons (Fsp3) is 0.364. The molecule has 1 aromatic rings. The summed E-state index contributed by atoms with van der Waals surface area (Å²) >= 11 is 3.26. The van der Waals surface area contributed by atoms with Gasteiger partial charge in [-0.25, -0.2) is 18.4 Å². The minimum Gasteiger partial charge on any atom is -0.465 e. The first-order valence-corrected chi connectivity index (χ1v) is 8.00. The molecule has 1 aromatic carbocycles. The molecule has 0 aliphatic rings. The van der Waals surface area contributed by atoms with Crippen molar-refractivity contribution < 1.29 is 23.1 Å². The average Bonchev–Trinajstić information content (AvgIpc) is 2.31. The normalized spacial score (nSPS) is 11.3. The minimum absolute atomic E-state index is 0.0629. The van der Waals surface area contributed by atoms with Crippen LogP contribution in [0.1, 0.15) is 5.56 Å². The van der Waals surface area contributed by atoms with Crippen molar-refractivity contribution in [1.29, 1.82) is 0 Å². The number of amides is 1. The second-order valence-corrected chi connectivity index (χ2v) is 6.34. The Hall–Kier alpha value is -1.16. The van der Waals surface area contributed by atoms with Crippen molar-refractivity contribution in [2.75, 3.05) is 19.8 Å². The van der Waals surface area contributed by atoms with Gasteiger partial charge in [-0.1, -0.05) is 15.9 Å². The molecule has 7 nitrogen and oxygen atoms in total. The molecule has 0 spiro atoms. The molecule has 1 rings (SSSR count). The summed E-state index contributed by atoms with van der Waals surface area (Å²) in [5.41, 5.74) is 0.549. The number of primary sulfonamides is 1. The molecule has 0 aromatic heterocycles. The molecule has 9 heteroatoms. The van der Waals surface area contributed by atoms with Crippen molar-refractivity contribution in [3.8, 4) is 0 Å². The molecule has 112 valence electrons. The lowest BCUT2D eigenvalue weighted by atomic mass is 10.2. The maximum atomic E-state index is 11.4. The van der Waals surface area contributed by atoms with E-state index in [1.165, 1.54) is 6.07 Å². The van der Waals surface area contributed by atoms with Gasteiger partial charge in [-0.15, -0.1) is 0 Å². The molecule has 0 aliphatic heterocycles. The summed E-state index contributed by atoms with van der Waals surface area (Å²) in [6.45, 7) is 0.654. The Morgan fingerprint density at radius 3 is 2.70 bits per heavy atom. The lowest BCUT2D eigenvalue weighted by Gasteiger charge is -2.09. The van der Waals surface area contributed by atoms with Crippen LogP contribution in [0.25, 0.3) is 0 Å². The number of rotatable bonds is 7. The molecule has 0 saturated carbocycles. The Morgan fingerprint density at radius 1 is 1.40 bits per heavy atom. The van der Waals surface area contributed by atoms with Gasteiger partial charge in [0, 0.05) is 11.0 Å². The number of hydrogen-bond acceptors (Lipinski definition) is 4. The Balaban J connectivity index is 2.55. The summed E-state index contributed by atoms with van der Waals surface area (Å²) in [4.78, 5) is 10.3. The first-order chi connectivity index (χ1) is 9.30. The van der Waals surface area contributed by atoms with Crippen molar-refractivity contribution in [2.24, 2.45) is 5.14 Å². The van der Waals surface area contributed by atoms with E-state index in [-0.39, 0.29) is 24.7 Å². The second-order valence-electron chi connectivity index (χ2n) is 3.89. The van der Waals surface area contributed by atoms with Gasteiger partial charge in [0.1, 0.15) is 0 Å². The van der Waals surface area contributed by atoms with Crippen LogP contribution in [-0.4, -0.2) is 39.4 Å². The van der Waals surface area contributed by atoms with Crippen LogP contribution >= 0.6 is 15.9 Å². The van der Waals surface area contributed by atoms with Crippen LogP contribution in [0.15, 0.2) is 27.6 Å². The van der Waals surface area contributed by atoms with Crippen molar-refractivity contribution >= 4 is 32.0 Å². The fourth-order valence-electron chi connectivity index (χ4n) is 1.54. The lowest BCUT2D eigenvalue weighted by Crippen LogP contribution is -2.25. The molecule has 0 radical (unpaired) electrons. The van der Waals surface area contributed by atoms with E-state index in [0.717, 1.165) is 4.47 Å². The van der Waals surface area contributed by atoms with Crippen LogP contribution in [0, 0.1) is 0 Å². The molecule has 20 heavy (non-hydrogen) atoms. The molecule has 0 bridgehead atoms. The van der Waals surface area contributed by atoms with Gasteiger partial charge in [0.15, 0.2) is 0 Å². The van der Waals surface area contributed by atoms with Crippen LogP contribution in [0.2, 0.25) is 0 Å². The van der Waals surface area contributed by atoms with E-state index in [9.17, 15) is 13.2 Å². The van der Waals surface area contributed by atoms with Gasteiger partial charge in [0.05, 0.1) is 18.1 Å². The van der Waals surface area contributed by atoms with Crippen molar-refractivity contribution in [3.05, 3.63) is 28.2 Å². The number of ether oxygens (including phenoxy) is 1. The number of nitrogens with two attached hydrogens (primary N) is 1. The Labute approximate surface area is 125 Å². The molecule has 0 saturated heterocycles. The van der Waals surface area contributed by atoms with E-state index in [1.54, 1.807) is 12.1 Å². The number of hydrogen-bond donors (Lipinski definition) is 3. The Kier molecular flexibility index (Phi) is 6.40. The SMILES string of the molecule is NS(=O)(=O)c1ccc(Br)cc1CCOCCNC(=O)O. The van der Waals surface area contributed by atoms with Crippen molar-refractivity contribution in [1.82, 2.24) is 5.32 Å². The molecular formula is C11H15BrN2O5S. The molecule has 0 aliphatic carbocycles. The van der Waals surface area contributed by atoms with E-state index in [2.05, 4.69) is 21.2 Å². The monoisotopic (exact) mass is 366 g/mol. The molecule has 0 heterocycles. The number of sulfonamides is 1. The summed E-state index contributed by atoms with van der Waals surface area (Å²) in [5, 5.41) is 15.6. The molecular weight excluding hydrogens is 352 g/mol. The lowest BCUT2D eigenvalue weighted by molar-refractivity contribution is 0.135. The molecule has 0 atom stereocenters. The largest absolute Gasteiger partial charge is 0.465 e. The van der Waals surface area contributed by atoms with Gasteiger partial charge in [-0.05, 0) is 30.2 Å². The first-order valence-electron chi connectivity index (χ1n) is 5.66. The van der Waals surface area contributed by atoms with Crippen LogP contribution in [0.3, 0.4) is 0 Å². The summed E-state index contributed by atoms with van der Waals surface area (Å²) in [6.07, 6.45) is -0.754. The number of benzene rings is 1. The van der Waals surface area contributed by atoms with E-state index < -0.39 is 16.1 Å². The second kappa shape index (κ2) is 7.58. The van der Waals surface area contributed by atoms with Gasteiger partial charge < -0.3 is 15.2 Å². The van der Waals surface area contributed by atoms with E-state index >= 15 is 0 Å². The van der Waals surface area contributed by atoms with Gasteiger partial charge in [-0.3, -0.25) is 0 Å². The van der Waals surface area contributed by atoms with Crippen LogP contribution in [-0.2, 0) is 21.2 Å². The summed E-state index contributed by atoms with van der Waals surface area (Å²) in [7, 11) is -3.78. The zero-order chi connectivity index (χ0) is 15.2. The summed E-state index contributed by atoms with van der Waals surface area (Å²) < 4.78 is 28.8. The predicted molar refractivity (Wildman–Crippen MR) is 76.1 cm³/mol. The maximum absolute atomic E-state index is 11.4. The third kappa shape index (κ3) is 5.87. The number of nitrogens with one attached hydrogen (secondary N) is 1. The summed E-state index contributed by atoms with van der Waals surface area (Å²) in [6, 6.07) is 4.69. The molecule has 0 unspecified atom stereocenters. The van der Waals surface area contributed by atoms with Crippen LogP contribution in [0.5, 0.6) is 0 Å². The fourth-order valence-corrected chi connectivity index (χ4v) is 2.73. The zero-order valence-corrected chi connectivity index (χ0v) is 12.9. The Morgan fingerprint density at radius 2 is 2.10 bits per heavy atom. The highest BCUT2D eigenvalue weighted by Gasteiger charge is 2.13. The van der Waals surface area contributed by atoms with Crippen LogP contribution in [0.4, 0.5) is 4.79 Å². The quantitative estimate of drug-likeness (QED) is 0.620. The molecule has 0 fully saturated rings. The third-order valence-corrected chi connectivity index (χ3v) is 3.87. The van der Waals surface area contributed by atoms with Gasteiger partial charge >= 0.3 is 6.09 Å². The third-order valence-electron chi connectivity index (χ3n) is 2.37. The van der Waals surface area contributed by atoms with Gasteiger partial charge in [0.2, 0.25) is 10.0 Å².